The Bertz CT molecular complexity index is 591. The van der Waals surface area contributed by atoms with Crippen molar-refractivity contribution in [2.45, 2.75) is 39.2 Å². The predicted molar refractivity (Wildman–Crippen MR) is 86.6 cm³/mol. The first-order valence-electron chi connectivity index (χ1n) is 8.09. The lowest BCUT2D eigenvalue weighted by Gasteiger charge is -2.14. The van der Waals surface area contributed by atoms with Gasteiger partial charge in [-0.1, -0.05) is 38.0 Å². The van der Waals surface area contributed by atoms with E-state index in [1.54, 1.807) is 0 Å². The average molecular weight is 284 g/mol. The molecule has 112 valence electrons. The van der Waals surface area contributed by atoms with Crippen molar-refractivity contribution in [3.05, 3.63) is 36.0 Å². The van der Waals surface area contributed by atoms with Gasteiger partial charge in [0.1, 0.15) is 0 Å². The highest BCUT2D eigenvalue weighted by molar-refractivity contribution is 5.87. The molecule has 0 spiro atoms. The molecular formula is C18H24N2O. The van der Waals surface area contributed by atoms with Crippen LogP contribution >= 0.6 is 0 Å². The van der Waals surface area contributed by atoms with Crippen molar-refractivity contribution in [1.29, 1.82) is 0 Å². The van der Waals surface area contributed by atoms with E-state index in [0.29, 0.717) is 5.92 Å². The topological polar surface area (TPSA) is 34.1 Å². The minimum Gasteiger partial charge on any atom is -0.477 e. The summed E-state index contributed by atoms with van der Waals surface area (Å²) in [6.45, 7) is 4.66. The molecule has 1 aromatic carbocycles. The van der Waals surface area contributed by atoms with Gasteiger partial charge in [0.2, 0.25) is 5.88 Å². The van der Waals surface area contributed by atoms with Gasteiger partial charge in [0.15, 0.2) is 0 Å². The van der Waals surface area contributed by atoms with Crippen LogP contribution in [-0.4, -0.2) is 18.1 Å². The van der Waals surface area contributed by atoms with E-state index in [1.807, 2.05) is 0 Å². The quantitative estimate of drug-likeness (QED) is 0.873. The average Bonchev–Trinajstić information content (AvgIpc) is 3.04. The Morgan fingerprint density at radius 1 is 1.24 bits per heavy atom. The summed E-state index contributed by atoms with van der Waals surface area (Å²) in [4.78, 5) is 4.71. The van der Waals surface area contributed by atoms with Crippen LogP contribution in [0.2, 0.25) is 0 Å². The van der Waals surface area contributed by atoms with Gasteiger partial charge in [0.25, 0.3) is 0 Å². The molecule has 1 fully saturated rings. The molecule has 1 aliphatic carbocycles. The molecule has 0 unspecified atom stereocenters. The second kappa shape index (κ2) is 6.90. The summed E-state index contributed by atoms with van der Waals surface area (Å²) >= 11 is 0. The maximum Gasteiger partial charge on any atom is 0.221 e. The first-order valence-corrected chi connectivity index (χ1v) is 8.09. The zero-order chi connectivity index (χ0) is 14.5. The number of rotatable bonds is 6. The normalized spacial score (nSPS) is 15.7. The van der Waals surface area contributed by atoms with E-state index in [2.05, 4.69) is 42.6 Å². The largest absolute Gasteiger partial charge is 0.477 e. The van der Waals surface area contributed by atoms with Crippen molar-refractivity contribution >= 4 is 10.8 Å². The van der Waals surface area contributed by atoms with Gasteiger partial charge in [-0.3, -0.25) is 0 Å². The Morgan fingerprint density at radius 3 is 2.86 bits per heavy atom. The number of nitrogens with zero attached hydrogens (tertiary/aromatic N) is 1. The van der Waals surface area contributed by atoms with E-state index in [-0.39, 0.29) is 0 Å². The van der Waals surface area contributed by atoms with Crippen LogP contribution in [0.15, 0.2) is 30.3 Å². The lowest BCUT2D eigenvalue weighted by Crippen LogP contribution is -2.14. The van der Waals surface area contributed by atoms with E-state index in [0.717, 1.165) is 36.7 Å². The molecule has 1 N–H and O–H groups in total. The van der Waals surface area contributed by atoms with Gasteiger partial charge in [-0.05, 0) is 42.8 Å². The van der Waals surface area contributed by atoms with Crippen LogP contribution in [0.3, 0.4) is 0 Å². The van der Waals surface area contributed by atoms with Crippen molar-refractivity contribution in [2.75, 3.05) is 13.2 Å². The number of hydrogen-bond donors (Lipinski definition) is 1. The molecule has 0 radical (unpaired) electrons. The lowest BCUT2D eigenvalue weighted by atomic mass is 10.1. The number of benzene rings is 1. The maximum atomic E-state index is 6.08. The van der Waals surface area contributed by atoms with Gasteiger partial charge in [-0.15, -0.1) is 0 Å². The van der Waals surface area contributed by atoms with E-state index in [4.69, 9.17) is 9.72 Å². The van der Waals surface area contributed by atoms with E-state index in [9.17, 15) is 0 Å². The fourth-order valence-electron chi connectivity index (χ4n) is 3.05. The minimum atomic E-state index is 0.711. The van der Waals surface area contributed by atoms with Gasteiger partial charge >= 0.3 is 0 Å². The molecule has 0 aliphatic heterocycles. The summed E-state index contributed by atoms with van der Waals surface area (Å²) in [7, 11) is 0. The van der Waals surface area contributed by atoms with E-state index >= 15 is 0 Å². The SMILES string of the molecule is CCNCc1cc2ccccc2c(OCC2CCCC2)n1. The van der Waals surface area contributed by atoms with Gasteiger partial charge in [0.05, 0.1) is 12.3 Å². The molecule has 3 nitrogen and oxygen atoms in total. The molecule has 0 saturated heterocycles. The van der Waals surface area contributed by atoms with Crippen LogP contribution in [0.5, 0.6) is 5.88 Å². The van der Waals surface area contributed by atoms with Crippen LogP contribution < -0.4 is 10.1 Å². The molecule has 1 aromatic heterocycles. The van der Waals surface area contributed by atoms with Crippen LogP contribution in [0.25, 0.3) is 10.8 Å². The van der Waals surface area contributed by atoms with E-state index in [1.165, 1.54) is 31.1 Å². The molecule has 0 bridgehead atoms. The molecule has 3 heteroatoms. The number of pyridine rings is 1. The van der Waals surface area contributed by atoms with Gasteiger partial charge in [-0.25, -0.2) is 4.98 Å². The number of ether oxygens (including phenoxy) is 1. The second-order valence-corrected chi connectivity index (χ2v) is 5.88. The summed E-state index contributed by atoms with van der Waals surface area (Å²) < 4.78 is 6.08. The fraction of sp³-hybridized carbons (Fsp3) is 0.500. The van der Waals surface area contributed by atoms with Gasteiger partial charge in [0, 0.05) is 11.9 Å². The van der Waals surface area contributed by atoms with Crippen LogP contribution in [0, 0.1) is 5.92 Å². The third kappa shape index (κ3) is 3.53. The van der Waals surface area contributed by atoms with Crippen molar-refractivity contribution < 1.29 is 4.74 Å². The summed E-state index contributed by atoms with van der Waals surface area (Å²) in [6, 6.07) is 10.5. The van der Waals surface area contributed by atoms with E-state index < -0.39 is 0 Å². The molecular weight excluding hydrogens is 260 g/mol. The fourth-order valence-corrected chi connectivity index (χ4v) is 3.05. The number of fused-ring (bicyclic) bond motifs is 1. The molecule has 1 aliphatic rings. The molecule has 1 saturated carbocycles. The van der Waals surface area contributed by atoms with Crippen LogP contribution in [-0.2, 0) is 6.54 Å². The summed E-state index contributed by atoms with van der Waals surface area (Å²) in [5.74, 6) is 1.51. The zero-order valence-electron chi connectivity index (χ0n) is 12.8. The Morgan fingerprint density at radius 2 is 2.05 bits per heavy atom. The lowest BCUT2D eigenvalue weighted by molar-refractivity contribution is 0.246. The molecule has 3 rings (SSSR count). The maximum absolute atomic E-state index is 6.08. The first kappa shape index (κ1) is 14.3. The van der Waals surface area contributed by atoms with Crippen molar-refractivity contribution in [3.8, 4) is 5.88 Å². The molecule has 21 heavy (non-hydrogen) atoms. The van der Waals surface area contributed by atoms with Crippen LogP contribution in [0.1, 0.15) is 38.3 Å². The molecule has 1 heterocycles. The minimum absolute atomic E-state index is 0.711. The first-order chi connectivity index (χ1) is 10.4. The highest BCUT2D eigenvalue weighted by Crippen LogP contribution is 2.28. The summed E-state index contributed by atoms with van der Waals surface area (Å²) in [6.07, 6.45) is 5.30. The zero-order valence-corrected chi connectivity index (χ0v) is 12.8. The highest BCUT2D eigenvalue weighted by atomic mass is 16.5. The van der Waals surface area contributed by atoms with Crippen LogP contribution in [0.4, 0.5) is 0 Å². The number of hydrogen-bond acceptors (Lipinski definition) is 3. The third-order valence-corrected chi connectivity index (χ3v) is 4.25. The molecule has 0 atom stereocenters. The Balaban J connectivity index is 1.82. The standard InChI is InChI=1S/C18H24N2O/c1-2-19-12-16-11-15-9-5-6-10-17(15)18(20-16)21-13-14-7-3-4-8-14/h5-6,9-11,14,19H,2-4,7-8,12-13H2,1H3. The van der Waals surface area contributed by atoms with Crippen molar-refractivity contribution in [2.24, 2.45) is 5.92 Å². The third-order valence-electron chi connectivity index (χ3n) is 4.25. The van der Waals surface area contributed by atoms with Gasteiger partial charge in [-0.2, -0.15) is 0 Å². The van der Waals surface area contributed by atoms with Crippen molar-refractivity contribution in [1.82, 2.24) is 10.3 Å². The van der Waals surface area contributed by atoms with Gasteiger partial charge < -0.3 is 10.1 Å². The molecule has 2 aromatic rings. The van der Waals surface area contributed by atoms with Crippen molar-refractivity contribution in [3.63, 3.8) is 0 Å². The number of nitrogens with one attached hydrogen (secondary N) is 1. The summed E-state index contributed by atoms with van der Waals surface area (Å²) in [5, 5.41) is 5.67. The Labute approximate surface area is 126 Å². The Kier molecular flexibility index (Phi) is 4.71. The second-order valence-electron chi connectivity index (χ2n) is 5.88. The molecule has 0 amide bonds. The summed E-state index contributed by atoms with van der Waals surface area (Å²) in [5.41, 5.74) is 1.05. The predicted octanol–water partition coefficient (Wildman–Crippen LogP) is 3.91. The number of aromatic nitrogens is 1. The highest BCUT2D eigenvalue weighted by Gasteiger charge is 2.16. The Hall–Kier alpha value is -1.61. The smallest absolute Gasteiger partial charge is 0.221 e. The monoisotopic (exact) mass is 284 g/mol.